The number of ether oxygens (including phenoxy) is 1. The molecule has 0 atom stereocenters. The van der Waals surface area contributed by atoms with Gasteiger partial charge in [-0.15, -0.1) is 0 Å². The number of carbonyl (C=O) groups is 1. The fourth-order valence-corrected chi connectivity index (χ4v) is 2.74. The van der Waals surface area contributed by atoms with Crippen molar-refractivity contribution in [3.63, 3.8) is 0 Å². The van der Waals surface area contributed by atoms with Crippen LogP contribution < -0.4 is 0 Å². The summed E-state index contributed by atoms with van der Waals surface area (Å²) in [4.78, 5) is 11.7. The number of benzene rings is 1. The zero-order valence-corrected chi connectivity index (χ0v) is 11.7. The van der Waals surface area contributed by atoms with Crippen molar-refractivity contribution >= 4 is 5.97 Å². The molecule has 104 valence electrons. The summed E-state index contributed by atoms with van der Waals surface area (Å²) in [6.07, 6.45) is 2.64. The van der Waals surface area contributed by atoms with Gasteiger partial charge in [0.1, 0.15) is 0 Å². The first-order valence-electron chi connectivity index (χ1n) is 7.01. The number of aliphatic hydroxyl groups is 1. The van der Waals surface area contributed by atoms with Crippen LogP contribution in [-0.2, 0) is 15.1 Å². The smallest absolute Gasteiger partial charge is 0.308 e. The van der Waals surface area contributed by atoms with Crippen molar-refractivity contribution in [1.82, 2.24) is 0 Å². The van der Waals surface area contributed by atoms with Gasteiger partial charge in [0.25, 0.3) is 0 Å². The number of hydrogen-bond acceptors (Lipinski definition) is 3. The highest BCUT2D eigenvalue weighted by molar-refractivity contribution is 5.72. The van der Waals surface area contributed by atoms with Gasteiger partial charge in [0.05, 0.1) is 18.1 Å². The average Bonchev–Trinajstić information content (AvgIpc) is 2.40. The Balaban J connectivity index is 2.01. The second kappa shape index (κ2) is 5.74. The van der Waals surface area contributed by atoms with E-state index in [4.69, 9.17) is 4.74 Å². The summed E-state index contributed by atoms with van der Waals surface area (Å²) in [7, 11) is 0. The Kier molecular flexibility index (Phi) is 4.25. The molecule has 0 radical (unpaired) electrons. The molecule has 0 spiro atoms. The molecule has 1 saturated carbocycles. The second-order valence-corrected chi connectivity index (χ2v) is 5.42. The third-order valence-electron chi connectivity index (χ3n) is 4.02. The molecule has 1 aromatic carbocycles. The maximum Gasteiger partial charge on any atom is 0.308 e. The highest BCUT2D eigenvalue weighted by Crippen LogP contribution is 2.39. The Hall–Kier alpha value is -1.35. The van der Waals surface area contributed by atoms with Gasteiger partial charge in [-0.25, -0.2) is 0 Å². The molecule has 0 heterocycles. The normalized spacial score (nSPS) is 27.0. The van der Waals surface area contributed by atoms with E-state index in [0.29, 0.717) is 32.3 Å². The zero-order valence-electron chi connectivity index (χ0n) is 11.7. The third-order valence-corrected chi connectivity index (χ3v) is 4.02. The number of rotatable bonds is 3. The van der Waals surface area contributed by atoms with Gasteiger partial charge >= 0.3 is 5.97 Å². The fourth-order valence-electron chi connectivity index (χ4n) is 2.74. The van der Waals surface area contributed by atoms with Gasteiger partial charge in [-0.2, -0.15) is 0 Å². The van der Waals surface area contributed by atoms with Crippen LogP contribution in [0.3, 0.4) is 0 Å². The van der Waals surface area contributed by atoms with Crippen molar-refractivity contribution in [3.8, 4) is 0 Å². The second-order valence-electron chi connectivity index (χ2n) is 5.42. The molecule has 1 fully saturated rings. The standard InChI is InChI=1S/C16H22O3/c1-3-19-15(17)13-8-10-16(18,11-9-13)14-6-4-12(2)5-7-14/h4-7,13,18H,3,8-11H2,1-2H3. The monoisotopic (exact) mass is 262 g/mol. The highest BCUT2D eigenvalue weighted by atomic mass is 16.5. The SMILES string of the molecule is CCOC(=O)C1CCC(O)(c2ccc(C)cc2)CC1. The highest BCUT2D eigenvalue weighted by Gasteiger charge is 2.37. The average molecular weight is 262 g/mol. The maximum atomic E-state index is 11.7. The van der Waals surface area contributed by atoms with Crippen molar-refractivity contribution in [2.45, 2.75) is 45.1 Å². The Bertz CT molecular complexity index is 428. The molecule has 0 amide bonds. The van der Waals surface area contributed by atoms with E-state index < -0.39 is 5.60 Å². The minimum Gasteiger partial charge on any atom is -0.466 e. The van der Waals surface area contributed by atoms with Gasteiger partial charge in [-0.05, 0) is 45.1 Å². The predicted molar refractivity (Wildman–Crippen MR) is 73.7 cm³/mol. The number of aryl methyl sites for hydroxylation is 1. The molecule has 2 rings (SSSR count). The first-order valence-corrected chi connectivity index (χ1v) is 7.01. The fraction of sp³-hybridized carbons (Fsp3) is 0.562. The molecule has 1 aromatic rings. The molecule has 3 heteroatoms. The number of carbonyl (C=O) groups excluding carboxylic acids is 1. The summed E-state index contributed by atoms with van der Waals surface area (Å²) in [6, 6.07) is 8.01. The summed E-state index contributed by atoms with van der Waals surface area (Å²) in [5.41, 5.74) is 1.37. The van der Waals surface area contributed by atoms with Gasteiger partial charge in [-0.3, -0.25) is 4.79 Å². The molecule has 1 aliphatic carbocycles. The lowest BCUT2D eigenvalue weighted by molar-refractivity contribution is -0.151. The summed E-state index contributed by atoms with van der Waals surface area (Å²) in [6.45, 7) is 4.28. The zero-order chi connectivity index (χ0) is 13.9. The lowest BCUT2D eigenvalue weighted by atomic mass is 9.75. The van der Waals surface area contributed by atoms with Gasteiger partial charge in [0.15, 0.2) is 0 Å². The minimum atomic E-state index is -0.781. The predicted octanol–water partition coefficient (Wildman–Crippen LogP) is 2.94. The van der Waals surface area contributed by atoms with Crippen molar-refractivity contribution in [1.29, 1.82) is 0 Å². The first-order chi connectivity index (χ1) is 9.05. The van der Waals surface area contributed by atoms with E-state index in [9.17, 15) is 9.90 Å². The molecule has 19 heavy (non-hydrogen) atoms. The van der Waals surface area contributed by atoms with Crippen molar-refractivity contribution in [3.05, 3.63) is 35.4 Å². The molecule has 0 saturated heterocycles. The largest absolute Gasteiger partial charge is 0.466 e. The van der Waals surface area contributed by atoms with Gasteiger partial charge in [-0.1, -0.05) is 29.8 Å². The topological polar surface area (TPSA) is 46.5 Å². The third kappa shape index (κ3) is 3.16. The summed E-state index contributed by atoms with van der Waals surface area (Å²) >= 11 is 0. The molecule has 3 nitrogen and oxygen atoms in total. The van der Waals surface area contributed by atoms with Crippen LogP contribution in [0, 0.1) is 12.8 Å². The summed E-state index contributed by atoms with van der Waals surface area (Å²) < 4.78 is 5.05. The Morgan fingerprint density at radius 1 is 1.32 bits per heavy atom. The van der Waals surface area contributed by atoms with E-state index in [1.165, 1.54) is 5.56 Å². The van der Waals surface area contributed by atoms with E-state index in [0.717, 1.165) is 5.56 Å². The van der Waals surface area contributed by atoms with Crippen molar-refractivity contribution in [2.75, 3.05) is 6.61 Å². The van der Waals surface area contributed by atoms with Crippen LogP contribution in [0.25, 0.3) is 0 Å². The first kappa shape index (κ1) is 14.1. The molecule has 1 aliphatic rings. The van der Waals surface area contributed by atoms with Gasteiger partial charge < -0.3 is 9.84 Å². The lowest BCUT2D eigenvalue weighted by Gasteiger charge is -2.35. The molecule has 0 unspecified atom stereocenters. The van der Waals surface area contributed by atoms with E-state index >= 15 is 0 Å². The molecule has 1 N–H and O–H groups in total. The Morgan fingerprint density at radius 2 is 1.89 bits per heavy atom. The lowest BCUT2D eigenvalue weighted by Crippen LogP contribution is -2.34. The van der Waals surface area contributed by atoms with Crippen LogP contribution in [0.15, 0.2) is 24.3 Å². The van der Waals surface area contributed by atoms with Crippen LogP contribution in [-0.4, -0.2) is 17.7 Å². The summed E-state index contributed by atoms with van der Waals surface area (Å²) in [5.74, 6) is -0.167. The van der Waals surface area contributed by atoms with Crippen molar-refractivity contribution < 1.29 is 14.6 Å². The Morgan fingerprint density at radius 3 is 2.42 bits per heavy atom. The molecule has 0 bridgehead atoms. The number of hydrogen-bond donors (Lipinski definition) is 1. The van der Waals surface area contributed by atoms with Crippen LogP contribution in [0.2, 0.25) is 0 Å². The van der Waals surface area contributed by atoms with Crippen LogP contribution in [0.1, 0.15) is 43.7 Å². The van der Waals surface area contributed by atoms with E-state index in [2.05, 4.69) is 0 Å². The molecule has 0 aliphatic heterocycles. The van der Waals surface area contributed by atoms with Crippen molar-refractivity contribution in [2.24, 2.45) is 5.92 Å². The van der Waals surface area contributed by atoms with Crippen LogP contribution >= 0.6 is 0 Å². The van der Waals surface area contributed by atoms with Gasteiger partial charge in [0, 0.05) is 0 Å². The Labute approximate surface area is 114 Å². The van der Waals surface area contributed by atoms with E-state index in [1.54, 1.807) is 0 Å². The van der Waals surface area contributed by atoms with E-state index in [1.807, 2.05) is 38.1 Å². The van der Waals surface area contributed by atoms with Crippen LogP contribution in [0.5, 0.6) is 0 Å². The van der Waals surface area contributed by atoms with Gasteiger partial charge in [0.2, 0.25) is 0 Å². The molecule has 0 aromatic heterocycles. The quantitative estimate of drug-likeness (QED) is 0.852. The molecular formula is C16H22O3. The molecular weight excluding hydrogens is 240 g/mol. The summed E-state index contributed by atoms with van der Waals surface area (Å²) in [5, 5.41) is 10.7. The van der Waals surface area contributed by atoms with E-state index in [-0.39, 0.29) is 11.9 Å². The number of esters is 1. The minimum absolute atomic E-state index is 0.0503. The van der Waals surface area contributed by atoms with Crippen LogP contribution in [0.4, 0.5) is 0 Å². The maximum absolute atomic E-state index is 11.7.